The number of hydrogen-bond donors (Lipinski definition) is 4. The third-order valence-corrected chi connectivity index (χ3v) is 1.86. The fourth-order valence-electron chi connectivity index (χ4n) is 1.08. The monoisotopic (exact) mass is 174 g/mol. The predicted octanol–water partition coefficient (Wildman–Crippen LogP) is -1.01. The highest BCUT2D eigenvalue weighted by Crippen LogP contribution is 1.93. The number of rotatable bonds is 8. The summed E-state index contributed by atoms with van der Waals surface area (Å²) in [5.41, 5.74) is 16.3. The van der Waals surface area contributed by atoms with Gasteiger partial charge in [0.05, 0.1) is 0 Å². The van der Waals surface area contributed by atoms with E-state index in [1.807, 2.05) is 0 Å². The van der Waals surface area contributed by atoms with Gasteiger partial charge < -0.3 is 22.5 Å². The molecule has 0 rings (SSSR count). The van der Waals surface area contributed by atoms with Gasteiger partial charge in [0.2, 0.25) is 0 Å². The van der Waals surface area contributed by atoms with Gasteiger partial charge in [-0.15, -0.1) is 0 Å². The van der Waals surface area contributed by atoms with Gasteiger partial charge in [0.25, 0.3) is 0 Å². The maximum absolute atomic E-state index is 5.56. The zero-order valence-electron chi connectivity index (χ0n) is 7.76. The summed E-state index contributed by atoms with van der Waals surface area (Å²) < 4.78 is 0. The predicted molar refractivity (Wildman–Crippen MR) is 52.8 cm³/mol. The molecule has 0 aliphatic rings. The van der Waals surface area contributed by atoms with Crippen molar-refractivity contribution >= 4 is 0 Å². The molecule has 4 heteroatoms. The van der Waals surface area contributed by atoms with E-state index >= 15 is 0 Å². The SMILES string of the molecule is NCCCNC(CN)CCCN. The number of nitrogens with one attached hydrogen (secondary N) is 1. The molecule has 0 radical (unpaired) electrons. The van der Waals surface area contributed by atoms with Crippen molar-refractivity contribution in [1.29, 1.82) is 0 Å². The molecule has 0 saturated carbocycles. The second kappa shape index (κ2) is 8.93. The Morgan fingerprint density at radius 3 is 2.17 bits per heavy atom. The number of nitrogens with two attached hydrogens (primary N) is 3. The van der Waals surface area contributed by atoms with Crippen molar-refractivity contribution in [2.24, 2.45) is 17.2 Å². The minimum atomic E-state index is 0.417. The average Bonchev–Trinajstić information content (AvgIpc) is 2.11. The van der Waals surface area contributed by atoms with Crippen molar-refractivity contribution in [2.45, 2.75) is 25.3 Å². The Hall–Kier alpha value is -0.160. The van der Waals surface area contributed by atoms with Gasteiger partial charge in [-0.1, -0.05) is 0 Å². The first kappa shape index (κ1) is 11.8. The lowest BCUT2D eigenvalue weighted by Gasteiger charge is -2.15. The molecule has 0 aliphatic heterocycles. The zero-order valence-corrected chi connectivity index (χ0v) is 7.76. The van der Waals surface area contributed by atoms with Gasteiger partial charge in [0, 0.05) is 12.6 Å². The van der Waals surface area contributed by atoms with Crippen LogP contribution in [0.2, 0.25) is 0 Å². The molecule has 0 heterocycles. The topological polar surface area (TPSA) is 90.1 Å². The highest BCUT2D eigenvalue weighted by molar-refractivity contribution is 4.67. The molecular weight excluding hydrogens is 152 g/mol. The van der Waals surface area contributed by atoms with E-state index in [0.717, 1.165) is 38.9 Å². The lowest BCUT2D eigenvalue weighted by atomic mass is 10.1. The highest BCUT2D eigenvalue weighted by atomic mass is 14.9. The quantitative estimate of drug-likeness (QED) is 0.355. The third-order valence-electron chi connectivity index (χ3n) is 1.86. The lowest BCUT2D eigenvalue weighted by Crippen LogP contribution is -2.37. The van der Waals surface area contributed by atoms with Crippen LogP contribution in [0.1, 0.15) is 19.3 Å². The Bertz CT molecular complexity index is 87.1. The standard InChI is InChI=1S/C8H22N4/c9-4-1-3-8(7-11)12-6-2-5-10/h8,12H,1-7,9-11H2. The summed E-state index contributed by atoms with van der Waals surface area (Å²) in [5.74, 6) is 0. The fourth-order valence-corrected chi connectivity index (χ4v) is 1.08. The maximum Gasteiger partial charge on any atom is 0.0190 e. The largest absolute Gasteiger partial charge is 0.330 e. The van der Waals surface area contributed by atoms with Gasteiger partial charge in [0.15, 0.2) is 0 Å². The average molecular weight is 174 g/mol. The van der Waals surface area contributed by atoms with E-state index in [9.17, 15) is 0 Å². The molecule has 0 aromatic rings. The van der Waals surface area contributed by atoms with Crippen LogP contribution in [0.25, 0.3) is 0 Å². The molecule has 0 spiro atoms. The molecule has 4 nitrogen and oxygen atoms in total. The van der Waals surface area contributed by atoms with Crippen molar-refractivity contribution in [1.82, 2.24) is 5.32 Å². The Morgan fingerprint density at radius 2 is 1.67 bits per heavy atom. The van der Waals surface area contributed by atoms with Gasteiger partial charge in [-0.05, 0) is 38.9 Å². The van der Waals surface area contributed by atoms with Crippen LogP contribution in [-0.2, 0) is 0 Å². The molecule has 0 fully saturated rings. The molecule has 74 valence electrons. The van der Waals surface area contributed by atoms with E-state index in [4.69, 9.17) is 17.2 Å². The smallest absolute Gasteiger partial charge is 0.0190 e. The third kappa shape index (κ3) is 6.54. The van der Waals surface area contributed by atoms with Crippen LogP contribution in [-0.4, -0.2) is 32.2 Å². The summed E-state index contributed by atoms with van der Waals surface area (Å²) in [6.07, 6.45) is 3.12. The summed E-state index contributed by atoms with van der Waals surface area (Å²) in [6, 6.07) is 0.417. The molecule has 0 bridgehead atoms. The van der Waals surface area contributed by atoms with E-state index in [-0.39, 0.29) is 0 Å². The normalized spacial score (nSPS) is 13.2. The molecule has 7 N–H and O–H groups in total. The minimum Gasteiger partial charge on any atom is -0.330 e. The molecule has 0 saturated heterocycles. The van der Waals surface area contributed by atoms with Gasteiger partial charge in [-0.3, -0.25) is 0 Å². The molecule has 0 aromatic heterocycles. The Morgan fingerprint density at radius 1 is 1.00 bits per heavy atom. The van der Waals surface area contributed by atoms with Crippen LogP contribution in [0.15, 0.2) is 0 Å². The second-order valence-corrected chi connectivity index (χ2v) is 2.96. The molecular formula is C8H22N4. The Balaban J connectivity index is 3.26. The Labute approximate surface area is 74.9 Å². The molecule has 0 aromatic carbocycles. The van der Waals surface area contributed by atoms with E-state index in [2.05, 4.69) is 5.32 Å². The van der Waals surface area contributed by atoms with E-state index in [1.54, 1.807) is 0 Å². The van der Waals surface area contributed by atoms with Crippen LogP contribution in [0.3, 0.4) is 0 Å². The van der Waals surface area contributed by atoms with Crippen LogP contribution in [0.5, 0.6) is 0 Å². The summed E-state index contributed by atoms with van der Waals surface area (Å²) in [7, 11) is 0. The van der Waals surface area contributed by atoms with Crippen molar-refractivity contribution in [3.05, 3.63) is 0 Å². The summed E-state index contributed by atoms with van der Waals surface area (Å²) in [5, 5.41) is 3.34. The van der Waals surface area contributed by atoms with Crippen LogP contribution in [0, 0.1) is 0 Å². The van der Waals surface area contributed by atoms with Crippen molar-refractivity contribution in [3.63, 3.8) is 0 Å². The van der Waals surface area contributed by atoms with Crippen LogP contribution in [0.4, 0.5) is 0 Å². The van der Waals surface area contributed by atoms with Gasteiger partial charge in [0.1, 0.15) is 0 Å². The fraction of sp³-hybridized carbons (Fsp3) is 1.00. The molecule has 0 aliphatic carbocycles. The molecule has 1 atom stereocenters. The first-order chi connectivity index (χ1) is 5.85. The summed E-state index contributed by atoms with van der Waals surface area (Å²) in [6.45, 7) is 3.13. The molecule has 1 unspecified atom stereocenters. The summed E-state index contributed by atoms with van der Waals surface area (Å²) in [4.78, 5) is 0. The van der Waals surface area contributed by atoms with Crippen molar-refractivity contribution in [3.8, 4) is 0 Å². The van der Waals surface area contributed by atoms with Gasteiger partial charge >= 0.3 is 0 Å². The van der Waals surface area contributed by atoms with Gasteiger partial charge in [-0.2, -0.15) is 0 Å². The second-order valence-electron chi connectivity index (χ2n) is 2.96. The van der Waals surface area contributed by atoms with Crippen molar-refractivity contribution < 1.29 is 0 Å². The lowest BCUT2D eigenvalue weighted by molar-refractivity contribution is 0.473. The zero-order chi connectivity index (χ0) is 9.23. The van der Waals surface area contributed by atoms with Gasteiger partial charge in [-0.25, -0.2) is 0 Å². The van der Waals surface area contributed by atoms with Crippen LogP contribution >= 0.6 is 0 Å². The molecule has 12 heavy (non-hydrogen) atoms. The molecule has 0 amide bonds. The van der Waals surface area contributed by atoms with E-state index < -0.39 is 0 Å². The highest BCUT2D eigenvalue weighted by Gasteiger charge is 2.03. The van der Waals surface area contributed by atoms with Crippen LogP contribution < -0.4 is 22.5 Å². The first-order valence-corrected chi connectivity index (χ1v) is 4.68. The minimum absolute atomic E-state index is 0.417. The van der Waals surface area contributed by atoms with E-state index in [0.29, 0.717) is 12.6 Å². The maximum atomic E-state index is 5.56. The van der Waals surface area contributed by atoms with Crippen molar-refractivity contribution in [2.75, 3.05) is 26.2 Å². The summed E-state index contributed by atoms with van der Waals surface area (Å²) >= 11 is 0. The Kier molecular flexibility index (Phi) is 8.81. The number of hydrogen-bond acceptors (Lipinski definition) is 4. The van der Waals surface area contributed by atoms with E-state index in [1.165, 1.54) is 0 Å². The first-order valence-electron chi connectivity index (χ1n) is 4.68.